The van der Waals surface area contributed by atoms with E-state index < -0.39 is 0 Å². The maximum atomic E-state index is 2.63. The summed E-state index contributed by atoms with van der Waals surface area (Å²) in [5, 5.41) is 0. The van der Waals surface area contributed by atoms with E-state index in [1.54, 1.807) is 0 Å². The summed E-state index contributed by atoms with van der Waals surface area (Å²) in [6.45, 7) is 8.28. The molecular formula is C15H31N. The van der Waals surface area contributed by atoms with Gasteiger partial charge < -0.3 is 4.90 Å². The molecule has 0 aromatic carbocycles. The minimum absolute atomic E-state index is 0.877. The van der Waals surface area contributed by atoms with Gasteiger partial charge in [0.25, 0.3) is 0 Å². The van der Waals surface area contributed by atoms with Crippen LogP contribution in [-0.2, 0) is 0 Å². The third kappa shape index (κ3) is 3.76. The monoisotopic (exact) mass is 225 g/mol. The van der Waals surface area contributed by atoms with Crippen molar-refractivity contribution in [1.29, 1.82) is 0 Å². The van der Waals surface area contributed by atoms with Gasteiger partial charge >= 0.3 is 0 Å². The SMILES string of the molecule is CCCC1CC(CC)CCC1N(C)CCC. The molecule has 3 atom stereocenters. The van der Waals surface area contributed by atoms with Crippen molar-refractivity contribution in [1.82, 2.24) is 4.90 Å². The summed E-state index contributed by atoms with van der Waals surface area (Å²) in [5.74, 6) is 1.99. The lowest BCUT2D eigenvalue weighted by Crippen LogP contribution is -2.42. The average molecular weight is 225 g/mol. The lowest BCUT2D eigenvalue weighted by atomic mass is 9.74. The zero-order valence-corrected chi connectivity index (χ0v) is 11.8. The van der Waals surface area contributed by atoms with Gasteiger partial charge in [-0.1, -0.05) is 33.6 Å². The number of nitrogens with zero attached hydrogens (tertiary/aromatic N) is 1. The van der Waals surface area contributed by atoms with Crippen LogP contribution in [0.1, 0.15) is 65.7 Å². The number of rotatable bonds is 6. The molecular weight excluding hydrogens is 194 g/mol. The second-order valence-electron chi connectivity index (χ2n) is 5.68. The van der Waals surface area contributed by atoms with Crippen LogP contribution in [0.25, 0.3) is 0 Å². The number of hydrogen-bond donors (Lipinski definition) is 0. The van der Waals surface area contributed by atoms with Crippen molar-refractivity contribution in [3.63, 3.8) is 0 Å². The Labute approximate surface area is 103 Å². The van der Waals surface area contributed by atoms with Crippen LogP contribution in [0, 0.1) is 11.8 Å². The molecule has 3 unspecified atom stereocenters. The highest BCUT2D eigenvalue weighted by atomic mass is 15.1. The quantitative estimate of drug-likeness (QED) is 0.650. The molecule has 1 aliphatic carbocycles. The molecule has 0 aromatic heterocycles. The van der Waals surface area contributed by atoms with Gasteiger partial charge in [0, 0.05) is 6.04 Å². The van der Waals surface area contributed by atoms with Crippen molar-refractivity contribution in [2.75, 3.05) is 13.6 Å². The fourth-order valence-corrected chi connectivity index (χ4v) is 3.50. The Kier molecular flexibility index (Phi) is 6.41. The molecule has 16 heavy (non-hydrogen) atoms. The molecule has 1 fully saturated rings. The highest BCUT2D eigenvalue weighted by molar-refractivity contribution is 4.85. The Hall–Kier alpha value is -0.0400. The van der Waals surface area contributed by atoms with Crippen molar-refractivity contribution >= 4 is 0 Å². The van der Waals surface area contributed by atoms with Gasteiger partial charge in [-0.05, 0) is 57.5 Å². The molecule has 0 aromatic rings. The first-order chi connectivity index (χ1) is 7.72. The second kappa shape index (κ2) is 7.32. The van der Waals surface area contributed by atoms with E-state index in [-0.39, 0.29) is 0 Å². The van der Waals surface area contributed by atoms with Crippen LogP contribution >= 0.6 is 0 Å². The van der Waals surface area contributed by atoms with E-state index in [1.807, 2.05) is 0 Å². The lowest BCUT2D eigenvalue weighted by molar-refractivity contribution is 0.0948. The molecule has 0 N–H and O–H groups in total. The predicted molar refractivity (Wildman–Crippen MR) is 72.7 cm³/mol. The Balaban J connectivity index is 2.53. The van der Waals surface area contributed by atoms with Crippen LogP contribution in [0.5, 0.6) is 0 Å². The summed E-state index contributed by atoms with van der Waals surface area (Å²) in [7, 11) is 2.34. The third-order valence-corrected chi connectivity index (χ3v) is 4.43. The van der Waals surface area contributed by atoms with Gasteiger partial charge in [0.1, 0.15) is 0 Å². The first kappa shape index (κ1) is 14.0. The summed E-state index contributed by atoms with van der Waals surface area (Å²) in [5.41, 5.74) is 0. The molecule has 0 bridgehead atoms. The van der Waals surface area contributed by atoms with Gasteiger partial charge in [0.15, 0.2) is 0 Å². The molecule has 0 radical (unpaired) electrons. The van der Waals surface area contributed by atoms with Crippen molar-refractivity contribution < 1.29 is 0 Å². The topological polar surface area (TPSA) is 3.24 Å². The average Bonchev–Trinajstić information content (AvgIpc) is 2.29. The molecule has 1 heteroatoms. The minimum atomic E-state index is 0.877. The summed E-state index contributed by atoms with van der Waals surface area (Å²) >= 11 is 0. The van der Waals surface area contributed by atoms with Gasteiger partial charge in [-0.25, -0.2) is 0 Å². The predicted octanol–water partition coefficient (Wildman–Crippen LogP) is 4.32. The zero-order valence-electron chi connectivity index (χ0n) is 11.8. The highest BCUT2D eigenvalue weighted by Crippen LogP contribution is 2.36. The van der Waals surface area contributed by atoms with Crippen LogP contribution in [-0.4, -0.2) is 24.5 Å². The van der Waals surface area contributed by atoms with E-state index >= 15 is 0 Å². The molecule has 0 aliphatic heterocycles. The van der Waals surface area contributed by atoms with Crippen LogP contribution in [0.2, 0.25) is 0 Å². The molecule has 1 nitrogen and oxygen atoms in total. The van der Waals surface area contributed by atoms with Crippen molar-refractivity contribution in [2.24, 2.45) is 11.8 Å². The van der Waals surface area contributed by atoms with Crippen molar-refractivity contribution in [3.05, 3.63) is 0 Å². The van der Waals surface area contributed by atoms with Gasteiger partial charge in [-0.3, -0.25) is 0 Å². The molecule has 0 heterocycles. The Morgan fingerprint density at radius 1 is 1.06 bits per heavy atom. The Morgan fingerprint density at radius 3 is 2.38 bits per heavy atom. The Bertz CT molecular complexity index is 178. The summed E-state index contributed by atoms with van der Waals surface area (Å²) in [6.07, 6.45) is 9.89. The van der Waals surface area contributed by atoms with Crippen molar-refractivity contribution in [3.8, 4) is 0 Å². The van der Waals surface area contributed by atoms with Crippen molar-refractivity contribution in [2.45, 2.75) is 71.8 Å². The van der Waals surface area contributed by atoms with Gasteiger partial charge in [-0.2, -0.15) is 0 Å². The summed E-state index contributed by atoms with van der Waals surface area (Å²) in [4.78, 5) is 2.63. The molecule has 0 amide bonds. The zero-order chi connectivity index (χ0) is 12.0. The maximum Gasteiger partial charge on any atom is 0.0121 e. The van der Waals surface area contributed by atoms with Gasteiger partial charge in [0.05, 0.1) is 0 Å². The molecule has 96 valence electrons. The number of hydrogen-bond acceptors (Lipinski definition) is 1. The largest absolute Gasteiger partial charge is 0.303 e. The first-order valence-electron chi connectivity index (χ1n) is 7.43. The molecule has 0 spiro atoms. The fourth-order valence-electron chi connectivity index (χ4n) is 3.50. The molecule has 1 aliphatic rings. The standard InChI is InChI=1S/C15H31N/c1-5-8-14-12-13(7-3)9-10-15(14)16(4)11-6-2/h13-15H,5-12H2,1-4H3. The Morgan fingerprint density at radius 2 is 1.81 bits per heavy atom. The van der Waals surface area contributed by atoms with Crippen LogP contribution in [0.4, 0.5) is 0 Å². The van der Waals surface area contributed by atoms with Crippen LogP contribution in [0.3, 0.4) is 0 Å². The van der Waals surface area contributed by atoms with Gasteiger partial charge in [-0.15, -0.1) is 0 Å². The van der Waals surface area contributed by atoms with E-state index in [9.17, 15) is 0 Å². The third-order valence-electron chi connectivity index (χ3n) is 4.43. The van der Waals surface area contributed by atoms with E-state index in [0.717, 1.165) is 17.9 Å². The summed E-state index contributed by atoms with van der Waals surface area (Å²) < 4.78 is 0. The van der Waals surface area contributed by atoms with E-state index in [1.165, 1.54) is 51.5 Å². The van der Waals surface area contributed by atoms with Crippen LogP contribution in [0.15, 0.2) is 0 Å². The van der Waals surface area contributed by atoms with E-state index in [0.29, 0.717) is 0 Å². The normalized spacial score (nSPS) is 30.9. The smallest absolute Gasteiger partial charge is 0.0121 e. The first-order valence-corrected chi connectivity index (χ1v) is 7.43. The second-order valence-corrected chi connectivity index (χ2v) is 5.68. The van der Waals surface area contributed by atoms with E-state index in [2.05, 4.69) is 32.7 Å². The maximum absolute atomic E-state index is 2.63. The molecule has 1 rings (SSSR count). The highest BCUT2D eigenvalue weighted by Gasteiger charge is 2.31. The molecule has 1 saturated carbocycles. The lowest BCUT2D eigenvalue weighted by Gasteiger charge is -2.41. The van der Waals surface area contributed by atoms with Crippen LogP contribution < -0.4 is 0 Å². The fraction of sp³-hybridized carbons (Fsp3) is 1.00. The molecule has 0 saturated heterocycles. The van der Waals surface area contributed by atoms with E-state index in [4.69, 9.17) is 0 Å². The summed E-state index contributed by atoms with van der Waals surface area (Å²) in [6, 6.07) is 0.877. The minimum Gasteiger partial charge on any atom is -0.303 e. The van der Waals surface area contributed by atoms with Gasteiger partial charge in [0.2, 0.25) is 0 Å².